The van der Waals surface area contributed by atoms with E-state index in [1.54, 1.807) is 18.3 Å². The number of nitrogens with one attached hydrogen (secondary N) is 1. The molecule has 1 atom stereocenters. The van der Waals surface area contributed by atoms with E-state index in [0.717, 1.165) is 0 Å². The molecule has 2 aromatic heterocycles. The Balaban J connectivity index is 1.96. The van der Waals surface area contributed by atoms with Crippen molar-refractivity contribution in [2.24, 2.45) is 5.92 Å². The lowest BCUT2D eigenvalue weighted by Crippen LogP contribution is -2.10. The van der Waals surface area contributed by atoms with Crippen LogP contribution in [0.2, 0.25) is 0 Å². The van der Waals surface area contributed by atoms with E-state index in [1.165, 1.54) is 17.5 Å². The molecule has 0 radical (unpaired) electrons. The Hall–Kier alpha value is -2.48. The molecule has 0 aliphatic heterocycles. The molecule has 8 heteroatoms. The first-order valence-electron chi connectivity index (χ1n) is 7.14. The Labute approximate surface area is 137 Å². The number of pyridine rings is 1. The van der Waals surface area contributed by atoms with E-state index < -0.39 is 5.97 Å². The summed E-state index contributed by atoms with van der Waals surface area (Å²) in [6, 6.07) is 3.36. The maximum Gasteiger partial charge on any atom is 0.303 e. The summed E-state index contributed by atoms with van der Waals surface area (Å²) >= 11 is 1.19. The number of nitrogens with two attached hydrogens (primary N) is 1. The number of carbonyl (C=O) groups excluding carboxylic acids is 1. The van der Waals surface area contributed by atoms with E-state index in [1.807, 2.05) is 6.92 Å². The lowest BCUT2D eigenvalue weighted by molar-refractivity contribution is -0.137. The van der Waals surface area contributed by atoms with E-state index in [2.05, 4.69) is 15.3 Å². The van der Waals surface area contributed by atoms with E-state index in [9.17, 15) is 9.59 Å². The molecule has 0 saturated heterocycles. The van der Waals surface area contributed by atoms with Crippen LogP contribution in [0.4, 0.5) is 10.9 Å². The third-order valence-electron chi connectivity index (χ3n) is 3.22. The van der Waals surface area contributed by atoms with Crippen LogP contribution in [0, 0.1) is 5.92 Å². The minimum Gasteiger partial charge on any atom is -0.481 e. The van der Waals surface area contributed by atoms with Gasteiger partial charge in [-0.2, -0.15) is 0 Å². The fourth-order valence-corrected chi connectivity index (χ4v) is 2.90. The maximum atomic E-state index is 12.3. The van der Waals surface area contributed by atoms with Crippen molar-refractivity contribution in [3.63, 3.8) is 0 Å². The number of hydrogen-bond donors (Lipinski definition) is 3. The SMILES string of the molecule is CC(CCNc1nc(N)c(C(=O)c2cccnc2)s1)CC(=O)O. The minimum atomic E-state index is -0.805. The quantitative estimate of drug-likeness (QED) is 0.634. The predicted molar refractivity (Wildman–Crippen MR) is 88.7 cm³/mol. The Kier molecular flexibility index (Phi) is 5.64. The number of carbonyl (C=O) groups is 2. The van der Waals surface area contributed by atoms with Crippen molar-refractivity contribution >= 4 is 34.0 Å². The van der Waals surface area contributed by atoms with E-state index in [-0.39, 0.29) is 23.9 Å². The van der Waals surface area contributed by atoms with Crippen LogP contribution in [-0.4, -0.2) is 33.4 Å². The molecule has 2 aromatic rings. The Morgan fingerprint density at radius 1 is 1.48 bits per heavy atom. The fourth-order valence-electron chi connectivity index (χ4n) is 2.02. The molecule has 122 valence electrons. The third-order valence-corrected chi connectivity index (χ3v) is 4.25. The van der Waals surface area contributed by atoms with Gasteiger partial charge in [0.2, 0.25) is 5.78 Å². The number of nitrogens with zero attached hydrogens (tertiary/aromatic N) is 2. The first-order valence-corrected chi connectivity index (χ1v) is 7.95. The van der Waals surface area contributed by atoms with Crippen LogP contribution in [0.5, 0.6) is 0 Å². The zero-order valence-electron chi connectivity index (χ0n) is 12.7. The van der Waals surface area contributed by atoms with Crippen molar-refractivity contribution in [3.8, 4) is 0 Å². The van der Waals surface area contributed by atoms with Gasteiger partial charge in [-0.25, -0.2) is 4.98 Å². The Bertz CT molecular complexity index is 687. The molecule has 0 saturated carbocycles. The molecular weight excluding hydrogens is 316 g/mol. The van der Waals surface area contributed by atoms with Gasteiger partial charge in [0, 0.05) is 30.9 Å². The summed E-state index contributed by atoms with van der Waals surface area (Å²) in [5.74, 6) is -0.764. The van der Waals surface area contributed by atoms with Gasteiger partial charge in [0.25, 0.3) is 0 Å². The third kappa shape index (κ3) is 4.75. The van der Waals surface area contributed by atoms with E-state index in [0.29, 0.717) is 28.5 Å². The number of nitrogen functional groups attached to an aromatic ring is 1. The molecular formula is C15H18N4O3S. The topological polar surface area (TPSA) is 118 Å². The van der Waals surface area contributed by atoms with E-state index in [4.69, 9.17) is 10.8 Å². The second-order valence-corrected chi connectivity index (χ2v) is 6.22. The molecule has 4 N–H and O–H groups in total. The maximum absolute atomic E-state index is 12.3. The molecule has 0 fully saturated rings. The van der Waals surface area contributed by atoms with Crippen molar-refractivity contribution in [1.82, 2.24) is 9.97 Å². The first kappa shape index (κ1) is 16.9. The van der Waals surface area contributed by atoms with Crippen LogP contribution in [0.15, 0.2) is 24.5 Å². The van der Waals surface area contributed by atoms with Crippen LogP contribution in [0.25, 0.3) is 0 Å². The highest BCUT2D eigenvalue weighted by molar-refractivity contribution is 7.18. The molecule has 0 aliphatic carbocycles. The van der Waals surface area contributed by atoms with E-state index >= 15 is 0 Å². The molecule has 23 heavy (non-hydrogen) atoms. The van der Waals surface area contributed by atoms with Crippen LogP contribution in [0.3, 0.4) is 0 Å². The van der Waals surface area contributed by atoms with Gasteiger partial charge in [0.15, 0.2) is 5.13 Å². The number of hydrogen-bond acceptors (Lipinski definition) is 7. The Morgan fingerprint density at radius 2 is 2.26 bits per heavy atom. The van der Waals surface area contributed by atoms with Crippen LogP contribution >= 0.6 is 11.3 Å². The van der Waals surface area contributed by atoms with Gasteiger partial charge in [0.1, 0.15) is 10.7 Å². The predicted octanol–water partition coefficient (Wildman–Crippen LogP) is 2.26. The number of carboxylic acid groups (broad SMARTS) is 1. The van der Waals surface area contributed by atoms with Gasteiger partial charge in [-0.15, -0.1) is 0 Å². The van der Waals surface area contributed by atoms with Crippen LogP contribution < -0.4 is 11.1 Å². The van der Waals surface area contributed by atoms with Crippen LogP contribution in [0.1, 0.15) is 35.0 Å². The number of thiazole rings is 1. The van der Waals surface area contributed by atoms with Crippen LogP contribution in [-0.2, 0) is 4.79 Å². The zero-order chi connectivity index (χ0) is 16.8. The van der Waals surface area contributed by atoms with Gasteiger partial charge in [-0.1, -0.05) is 18.3 Å². The number of ketones is 1. The highest BCUT2D eigenvalue weighted by Gasteiger charge is 2.18. The molecule has 0 amide bonds. The van der Waals surface area contributed by atoms with Crippen molar-refractivity contribution in [3.05, 3.63) is 35.0 Å². The second kappa shape index (κ2) is 7.68. The molecule has 2 heterocycles. The fraction of sp³-hybridized carbons (Fsp3) is 0.333. The zero-order valence-corrected chi connectivity index (χ0v) is 13.5. The summed E-state index contributed by atoms with van der Waals surface area (Å²) < 4.78 is 0. The van der Waals surface area contributed by atoms with Gasteiger partial charge >= 0.3 is 5.97 Å². The number of rotatable bonds is 8. The largest absolute Gasteiger partial charge is 0.481 e. The molecule has 0 aliphatic rings. The number of anilines is 2. The monoisotopic (exact) mass is 334 g/mol. The molecule has 0 spiro atoms. The smallest absolute Gasteiger partial charge is 0.303 e. The first-order chi connectivity index (χ1) is 11.0. The van der Waals surface area contributed by atoms with Gasteiger partial charge in [-0.05, 0) is 24.5 Å². The molecule has 1 unspecified atom stereocenters. The average molecular weight is 334 g/mol. The van der Waals surface area contributed by atoms with Gasteiger partial charge < -0.3 is 16.2 Å². The van der Waals surface area contributed by atoms with Gasteiger partial charge in [-0.3, -0.25) is 14.6 Å². The molecule has 0 bridgehead atoms. The minimum absolute atomic E-state index is 0.0637. The summed E-state index contributed by atoms with van der Waals surface area (Å²) in [4.78, 5) is 31.4. The summed E-state index contributed by atoms with van der Waals surface area (Å²) in [5, 5.41) is 12.4. The number of carboxylic acids is 1. The van der Waals surface area contributed by atoms with Crippen molar-refractivity contribution < 1.29 is 14.7 Å². The lowest BCUT2D eigenvalue weighted by atomic mass is 10.0. The number of aromatic nitrogens is 2. The normalized spacial score (nSPS) is 11.9. The highest BCUT2D eigenvalue weighted by Crippen LogP contribution is 2.27. The number of aliphatic carboxylic acids is 1. The summed E-state index contributed by atoms with van der Waals surface area (Å²) in [6.45, 7) is 2.45. The van der Waals surface area contributed by atoms with Crippen molar-refractivity contribution in [2.45, 2.75) is 19.8 Å². The average Bonchev–Trinajstić information content (AvgIpc) is 2.87. The highest BCUT2D eigenvalue weighted by atomic mass is 32.1. The Morgan fingerprint density at radius 3 is 2.91 bits per heavy atom. The summed E-state index contributed by atoms with van der Waals surface area (Å²) in [7, 11) is 0. The van der Waals surface area contributed by atoms with Crippen molar-refractivity contribution in [2.75, 3.05) is 17.6 Å². The molecule has 7 nitrogen and oxygen atoms in total. The molecule has 2 rings (SSSR count). The second-order valence-electron chi connectivity index (χ2n) is 5.22. The lowest BCUT2D eigenvalue weighted by Gasteiger charge is -2.08. The van der Waals surface area contributed by atoms with Gasteiger partial charge in [0.05, 0.1) is 0 Å². The summed E-state index contributed by atoms with van der Waals surface area (Å²) in [5.41, 5.74) is 6.28. The van der Waals surface area contributed by atoms with Crippen molar-refractivity contribution in [1.29, 1.82) is 0 Å². The summed E-state index contributed by atoms with van der Waals surface area (Å²) in [6.07, 6.45) is 3.91. The molecule has 0 aromatic carbocycles. The standard InChI is InChI=1S/C15H18N4O3S/c1-9(7-11(20)21)4-6-18-15-19-14(16)13(23-15)12(22)10-3-2-5-17-8-10/h2-3,5,8-9H,4,6-7,16H2,1H3,(H,18,19)(H,20,21).